The van der Waals surface area contributed by atoms with Gasteiger partial charge in [0.15, 0.2) is 0 Å². The molecule has 2 atom stereocenters. The number of ether oxygens (including phenoxy) is 2. The zero-order chi connectivity index (χ0) is 22.6. The van der Waals surface area contributed by atoms with Crippen LogP contribution >= 0.6 is 0 Å². The van der Waals surface area contributed by atoms with E-state index in [9.17, 15) is 14.4 Å². The van der Waals surface area contributed by atoms with Crippen LogP contribution in [0.25, 0.3) is 0 Å². The molecule has 6 nitrogen and oxygen atoms in total. The highest BCUT2D eigenvalue weighted by Gasteiger charge is 2.27. The molecule has 0 aliphatic rings. The van der Waals surface area contributed by atoms with Crippen LogP contribution in [-0.4, -0.2) is 30.1 Å². The number of hydrogen-bond acceptors (Lipinski definition) is 5. The normalized spacial score (nSPS) is 12.9. The number of benzene rings is 1. The van der Waals surface area contributed by atoms with E-state index >= 15 is 0 Å². The highest BCUT2D eigenvalue weighted by atomic mass is 16.6. The average Bonchev–Trinajstić information content (AvgIpc) is 2.68. The van der Waals surface area contributed by atoms with E-state index in [1.54, 1.807) is 32.9 Å². The molecule has 0 unspecified atom stereocenters. The summed E-state index contributed by atoms with van der Waals surface area (Å²) in [4.78, 5) is 36.9. The molecule has 164 valence electrons. The maximum Gasteiger partial charge on any atom is 0.309 e. The summed E-state index contributed by atoms with van der Waals surface area (Å²) in [5.41, 5.74) is 0.193. The third-order valence-corrected chi connectivity index (χ3v) is 4.12. The van der Waals surface area contributed by atoms with Crippen molar-refractivity contribution in [2.45, 2.75) is 58.1 Å². The van der Waals surface area contributed by atoms with Crippen molar-refractivity contribution in [3.05, 3.63) is 61.2 Å². The van der Waals surface area contributed by atoms with E-state index in [0.29, 0.717) is 19.3 Å². The monoisotopic (exact) mass is 415 g/mol. The van der Waals surface area contributed by atoms with Gasteiger partial charge in [0, 0.05) is 6.42 Å². The van der Waals surface area contributed by atoms with Crippen LogP contribution in [-0.2, 0) is 23.9 Å². The second-order valence-corrected chi connectivity index (χ2v) is 8.00. The number of carbonyl (C=O) groups is 3. The van der Waals surface area contributed by atoms with Crippen LogP contribution in [0, 0.1) is 5.92 Å². The summed E-state index contributed by atoms with van der Waals surface area (Å²) in [7, 11) is 0. The Morgan fingerprint density at radius 1 is 1.10 bits per heavy atom. The van der Waals surface area contributed by atoms with Crippen molar-refractivity contribution in [2.75, 3.05) is 6.61 Å². The third-order valence-electron chi connectivity index (χ3n) is 4.12. The molecule has 1 N–H and O–H groups in total. The Morgan fingerprint density at radius 2 is 1.77 bits per heavy atom. The maximum atomic E-state index is 12.6. The number of allylic oxidation sites excluding steroid dienone is 2. The molecule has 0 bridgehead atoms. The summed E-state index contributed by atoms with van der Waals surface area (Å²) >= 11 is 0. The smallest absolute Gasteiger partial charge is 0.309 e. The summed E-state index contributed by atoms with van der Waals surface area (Å²) < 4.78 is 10.8. The lowest BCUT2D eigenvalue weighted by Crippen LogP contribution is -2.33. The molecule has 0 aliphatic carbocycles. The van der Waals surface area contributed by atoms with Gasteiger partial charge < -0.3 is 14.8 Å². The van der Waals surface area contributed by atoms with Crippen LogP contribution in [0.1, 0.15) is 58.1 Å². The molecule has 1 aromatic rings. The lowest BCUT2D eigenvalue weighted by atomic mass is 10.0. The van der Waals surface area contributed by atoms with Crippen molar-refractivity contribution < 1.29 is 23.9 Å². The van der Waals surface area contributed by atoms with Crippen molar-refractivity contribution >= 4 is 17.8 Å². The number of rotatable bonds is 12. The van der Waals surface area contributed by atoms with Gasteiger partial charge >= 0.3 is 11.9 Å². The summed E-state index contributed by atoms with van der Waals surface area (Å²) in [6.07, 6.45) is 4.31. The van der Waals surface area contributed by atoms with Gasteiger partial charge in [-0.3, -0.25) is 14.4 Å². The first-order chi connectivity index (χ1) is 14.2. The fraction of sp³-hybridized carbons (Fsp3) is 0.458. The van der Waals surface area contributed by atoms with Gasteiger partial charge in [0.25, 0.3) is 0 Å². The zero-order valence-electron chi connectivity index (χ0n) is 18.2. The maximum absolute atomic E-state index is 12.6. The van der Waals surface area contributed by atoms with Gasteiger partial charge in [0.1, 0.15) is 12.2 Å². The van der Waals surface area contributed by atoms with Gasteiger partial charge in [0.2, 0.25) is 5.91 Å². The van der Waals surface area contributed by atoms with Crippen molar-refractivity contribution in [1.82, 2.24) is 5.32 Å². The quantitative estimate of drug-likeness (QED) is 0.407. The number of amides is 1. The van der Waals surface area contributed by atoms with Gasteiger partial charge in [0.05, 0.1) is 18.4 Å². The minimum atomic E-state index is -0.690. The SMILES string of the molecule is C=CCCC(=O)N[C@@H](COC(=O)[C@@H](CC=C)CC(=O)OC(C)(C)C)c1ccccc1. The Kier molecular flexibility index (Phi) is 10.6. The molecule has 0 saturated carbocycles. The Balaban J connectivity index is 2.79. The number of hydrogen-bond donors (Lipinski definition) is 1. The highest BCUT2D eigenvalue weighted by molar-refractivity contribution is 5.80. The molecule has 0 spiro atoms. The van der Waals surface area contributed by atoms with Crippen LogP contribution in [0.3, 0.4) is 0 Å². The standard InChI is InChI=1S/C24H33NO5/c1-6-8-15-21(26)25-20(18-13-10-9-11-14-18)17-29-23(28)19(12-7-2)16-22(27)30-24(3,4)5/h6-7,9-11,13-14,19-20H,1-2,8,12,15-17H2,3-5H3,(H,25,26)/t19-,20-/m0/s1. The minimum Gasteiger partial charge on any atom is -0.463 e. The van der Waals surface area contributed by atoms with E-state index in [-0.39, 0.29) is 18.9 Å². The lowest BCUT2D eigenvalue weighted by Gasteiger charge is -2.23. The Bertz CT molecular complexity index is 721. The van der Waals surface area contributed by atoms with Gasteiger partial charge in [-0.15, -0.1) is 13.2 Å². The highest BCUT2D eigenvalue weighted by Crippen LogP contribution is 2.19. The number of esters is 2. The fourth-order valence-corrected chi connectivity index (χ4v) is 2.74. The molecule has 0 aromatic heterocycles. The first-order valence-corrected chi connectivity index (χ1v) is 10.1. The molecule has 30 heavy (non-hydrogen) atoms. The zero-order valence-corrected chi connectivity index (χ0v) is 18.2. The van der Waals surface area contributed by atoms with Crippen LogP contribution < -0.4 is 5.32 Å². The molecule has 0 heterocycles. The van der Waals surface area contributed by atoms with Crippen LogP contribution in [0.2, 0.25) is 0 Å². The first kappa shape index (κ1) is 25.1. The van der Waals surface area contributed by atoms with Gasteiger partial charge in [-0.05, 0) is 39.2 Å². The average molecular weight is 416 g/mol. The van der Waals surface area contributed by atoms with Crippen molar-refractivity contribution in [1.29, 1.82) is 0 Å². The van der Waals surface area contributed by atoms with Gasteiger partial charge in [-0.25, -0.2) is 0 Å². The van der Waals surface area contributed by atoms with E-state index < -0.39 is 29.5 Å². The van der Waals surface area contributed by atoms with Crippen LogP contribution in [0.5, 0.6) is 0 Å². The van der Waals surface area contributed by atoms with E-state index in [2.05, 4.69) is 18.5 Å². The second kappa shape index (κ2) is 12.6. The van der Waals surface area contributed by atoms with E-state index in [0.717, 1.165) is 5.56 Å². The topological polar surface area (TPSA) is 81.7 Å². The number of carbonyl (C=O) groups excluding carboxylic acids is 3. The fourth-order valence-electron chi connectivity index (χ4n) is 2.74. The summed E-state index contributed by atoms with van der Waals surface area (Å²) in [5.74, 6) is -1.84. The molecular formula is C24H33NO5. The van der Waals surface area contributed by atoms with Gasteiger partial charge in [-0.1, -0.05) is 42.5 Å². The summed E-state index contributed by atoms with van der Waals surface area (Å²) in [5, 5.41) is 2.89. The van der Waals surface area contributed by atoms with Crippen LogP contribution in [0.15, 0.2) is 55.6 Å². The molecule has 1 rings (SSSR count). The van der Waals surface area contributed by atoms with E-state index in [4.69, 9.17) is 9.47 Å². The molecule has 0 fully saturated rings. The Labute approximate surface area is 179 Å². The van der Waals surface area contributed by atoms with Gasteiger partial charge in [-0.2, -0.15) is 0 Å². The largest absolute Gasteiger partial charge is 0.463 e. The first-order valence-electron chi connectivity index (χ1n) is 10.1. The van der Waals surface area contributed by atoms with Crippen molar-refractivity contribution in [2.24, 2.45) is 5.92 Å². The summed E-state index contributed by atoms with van der Waals surface area (Å²) in [6.45, 7) is 12.5. The summed E-state index contributed by atoms with van der Waals surface area (Å²) in [6, 6.07) is 8.79. The molecule has 1 aromatic carbocycles. The Hall–Kier alpha value is -2.89. The lowest BCUT2D eigenvalue weighted by molar-refractivity contribution is -0.161. The van der Waals surface area contributed by atoms with E-state index in [1.807, 2.05) is 30.3 Å². The Morgan fingerprint density at radius 3 is 2.33 bits per heavy atom. The second-order valence-electron chi connectivity index (χ2n) is 8.00. The molecule has 0 aliphatic heterocycles. The molecular weight excluding hydrogens is 382 g/mol. The minimum absolute atomic E-state index is 0.0371. The predicted octanol–water partition coefficient (Wildman–Crippen LogP) is 4.28. The van der Waals surface area contributed by atoms with Crippen molar-refractivity contribution in [3.63, 3.8) is 0 Å². The molecule has 0 radical (unpaired) electrons. The predicted molar refractivity (Wildman–Crippen MR) is 116 cm³/mol. The number of nitrogens with one attached hydrogen (secondary N) is 1. The van der Waals surface area contributed by atoms with Crippen LogP contribution in [0.4, 0.5) is 0 Å². The molecule has 6 heteroatoms. The third kappa shape index (κ3) is 10.0. The molecule has 0 saturated heterocycles. The van der Waals surface area contributed by atoms with Crippen molar-refractivity contribution in [3.8, 4) is 0 Å². The molecule has 1 amide bonds. The van der Waals surface area contributed by atoms with E-state index in [1.165, 1.54) is 0 Å².